The molecule has 54 heavy (non-hydrogen) atoms. The minimum atomic E-state index is 0.274. The summed E-state index contributed by atoms with van der Waals surface area (Å²) in [4.78, 5) is 8.44. The van der Waals surface area contributed by atoms with E-state index in [9.17, 15) is 0 Å². The van der Waals surface area contributed by atoms with E-state index in [1.165, 1.54) is 7.11 Å². The lowest BCUT2D eigenvalue weighted by molar-refractivity contribution is 0.398. The lowest BCUT2D eigenvalue weighted by Gasteiger charge is -2.11. The summed E-state index contributed by atoms with van der Waals surface area (Å²) in [6.45, 7) is 0. The molecule has 7 rings (SSSR count). The molecule has 7 aromatic rings. The smallest absolute Gasteiger partial charge is 0.248 e. The van der Waals surface area contributed by atoms with E-state index >= 15 is 0 Å². The van der Waals surface area contributed by atoms with Gasteiger partial charge in [0.15, 0.2) is 11.6 Å². The molecule has 0 saturated heterocycles. The van der Waals surface area contributed by atoms with Gasteiger partial charge in [0.05, 0.1) is 38.6 Å². The van der Waals surface area contributed by atoms with Gasteiger partial charge in [0.2, 0.25) is 17.7 Å². The number of rotatable bonds is 8. The molecule has 3 heterocycles. The van der Waals surface area contributed by atoms with Gasteiger partial charge in [0, 0.05) is 45.1 Å². The lowest BCUT2D eigenvalue weighted by atomic mass is 10.2. The normalized spacial score (nSPS) is 11.4. The number of amidine groups is 1. The molecule has 272 valence electrons. The third-order valence-electron chi connectivity index (χ3n) is 7.37. The Kier molecular flexibility index (Phi) is 12.8. The molecule has 4 aromatic carbocycles. The van der Waals surface area contributed by atoms with Gasteiger partial charge in [-0.1, -0.05) is 93.9 Å². The summed E-state index contributed by atoms with van der Waals surface area (Å²) in [6, 6.07) is 28.2. The van der Waals surface area contributed by atoms with Crippen LogP contribution < -0.4 is 16.0 Å². The second-order valence-electron chi connectivity index (χ2n) is 10.8. The van der Waals surface area contributed by atoms with Crippen molar-refractivity contribution in [3.63, 3.8) is 0 Å². The average molecular weight is 840 g/mol. The third kappa shape index (κ3) is 9.20. The predicted octanol–water partition coefficient (Wildman–Crippen LogP) is 10.7. The number of halogens is 6. The van der Waals surface area contributed by atoms with Crippen LogP contribution >= 0.6 is 69.6 Å². The topological polar surface area (TPSA) is 142 Å². The number of hydrogen-bond donors (Lipinski definition) is 2. The van der Waals surface area contributed by atoms with E-state index in [0.717, 1.165) is 0 Å². The molecule has 11 nitrogen and oxygen atoms in total. The van der Waals surface area contributed by atoms with Crippen LogP contribution in [0.15, 0.2) is 113 Å². The number of methoxy groups -OCH3 is 1. The van der Waals surface area contributed by atoms with Crippen LogP contribution in [0.5, 0.6) is 5.88 Å². The first-order valence-corrected chi connectivity index (χ1v) is 17.8. The summed E-state index contributed by atoms with van der Waals surface area (Å²) in [5, 5.41) is 19.9. The first-order valence-electron chi connectivity index (χ1n) is 15.6. The molecular weight excluding hydrogens is 815 g/mol. The predicted molar refractivity (Wildman–Crippen MR) is 216 cm³/mol. The van der Waals surface area contributed by atoms with Crippen LogP contribution in [0.1, 0.15) is 17.3 Å². The van der Waals surface area contributed by atoms with Crippen molar-refractivity contribution in [3.05, 3.63) is 151 Å². The largest absolute Gasteiger partial charge is 0.481 e. The van der Waals surface area contributed by atoms with Crippen molar-refractivity contribution >= 4 is 93.3 Å². The molecule has 0 fully saturated rings. The number of nitrogens with zero attached hydrogens (tertiary/aromatic N) is 7. The Labute approximate surface area is 338 Å². The zero-order valence-electron chi connectivity index (χ0n) is 27.8. The number of aliphatic imine (C=N–C) groups is 1. The van der Waals surface area contributed by atoms with E-state index in [2.05, 4.69) is 35.8 Å². The Hall–Kier alpha value is -4.98. The first kappa shape index (κ1) is 38.7. The van der Waals surface area contributed by atoms with Crippen LogP contribution in [-0.2, 0) is 0 Å². The van der Waals surface area contributed by atoms with Crippen molar-refractivity contribution in [1.29, 1.82) is 0 Å². The summed E-state index contributed by atoms with van der Waals surface area (Å²) >= 11 is 37.1. The first-order chi connectivity index (χ1) is 26.1. The van der Waals surface area contributed by atoms with Crippen molar-refractivity contribution in [3.8, 4) is 34.4 Å². The average Bonchev–Trinajstić information content (AvgIpc) is 3.82. The summed E-state index contributed by atoms with van der Waals surface area (Å²) in [5.41, 5.74) is 5.77. The van der Waals surface area contributed by atoms with Crippen molar-refractivity contribution in [2.45, 2.75) is 0 Å². The van der Waals surface area contributed by atoms with E-state index in [4.69, 9.17) is 84.6 Å². The maximum Gasteiger partial charge on any atom is 0.248 e. The SMILES string of the molecule is COc1cc(-c2nnc(/C=C/c3nnc(-c4ccc(Cl)cc4Cl)n3-c3ccccc3Cl)o2)ccn1.NNC(=Nc1ccccc1Cl)c1ccc(Cl)cc1Cl. The summed E-state index contributed by atoms with van der Waals surface area (Å²) < 4.78 is 12.7. The minimum Gasteiger partial charge on any atom is -0.481 e. The Morgan fingerprint density at radius 2 is 1.48 bits per heavy atom. The van der Waals surface area contributed by atoms with Gasteiger partial charge in [0.1, 0.15) is 5.84 Å². The zero-order valence-corrected chi connectivity index (χ0v) is 32.3. The highest BCUT2D eigenvalue weighted by Gasteiger charge is 2.19. The monoisotopic (exact) mass is 837 g/mol. The fraction of sp³-hybridized carbons (Fsp3) is 0.0270. The maximum atomic E-state index is 6.51. The van der Waals surface area contributed by atoms with Crippen molar-refractivity contribution in [1.82, 2.24) is 35.4 Å². The molecule has 0 unspecified atom stereocenters. The third-order valence-corrected chi connectivity index (χ3v) is 9.10. The highest BCUT2D eigenvalue weighted by atomic mass is 35.5. The number of nitrogens with two attached hydrogens (primary N) is 1. The maximum absolute atomic E-state index is 6.51. The van der Waals surface area contributed by atoms with Gasteiger partial charge in [-0.2, -0.15) is 0 Å². The van der Waals surface area contributed by atoms with Crippen LogP contribution in [-0.4, -0.2) is 42.9 Å². The molecule has 0 aliphatic rings. The number of hydrazine groups is 1. The second-order valence-corrected chi connectivity index (χ2v) is 13.3. The van der Waals surface area contributed by atoms with Crippen LogP contribution in [0, 0.1) is 0 Å². The highest BCUT2D eigenvalue weighted by molar-refractivity contribution is 6.37. The van der Waals surface area contributed by atoms with Crippen molar-refractivity contribution < 1.29 is 9.15 Å². The Morgan fingerprint density at radius 1 is 0.759 bits per heavy atom. The quantitative estimate of drug-likeness (QED) is 0.0662. The summed E-state index contributed by atoms with van der Waals surface area (Å²) in [7, 11) is 1.54. The van der Waals surface area contributed by atoms with Crippen LogP contribution in [0.25, 0.3) is 40.7 Å². The van der Waals surface area contributed by atoms with E-state index < -0.39 is 0 Å². The zero-order chi connectivity index (χ0) is 38.2. The molecule has 0 amide bonds. The molecule has 3 N–H and O–H groups in total. The number of aromatic nitrogens is 6. The van der Waals surface area contributed by atoms with Crippen molar-refractivity contribution in [2.24, 2.45) is 10.8 Å². The van der Waals surface area contributed by atoms with Gasteiger partial charge >= 0.3 is 0 Å². The molecule has 17 heteroatoms. The van der Waals surface area contributed by atoms with E-state index in [1.54, 1.807) is 89.6 Å². The van der Waals surface area contributed by atoms with Crippen LogP contribution in [0.4, 0.5) is 5.69 Å². The van der Waals surface area contributed by atoms with Crippen LogP contribution in [0.2, 0.25) is 30.1 Å². The summed E-state index contributed by atoms with van der Waals surface area (Å²) in [5.74, 6) is 7.92. The molecule has 0 saturated carbocycles. The number of pyridine rings is 1. The van der Waals surface area contributed by atoms with Gasteiger partial charge in [-0.05, 0) is 72.8 Å². The lowest BCUT2D eigenvalue weighted by Crippen LogP contribution is -2.31. The van der Waals surface area contributed by atoms with Crippen molar-refractivity contribution in [2.75, 3.05) is 7.11 Å². The fourth-order valence-electron chi connectivity index (χ4n) is 4.85. The number of hydrogen-bond acceptors (Lipinski definition) is 9. The second kappa shape index (κ2) is 17.9. The van der Waals surface area contributed by atoms with Gasteiger partial charge in [-0.25, -0.2) is 15.8 Å². The van der Waals surface area contributed by atoms with E-state index in [0.29, 0.717) is 87.5 Å². The van der Waals surface area contributed by atoms with E-state index in [-0.39, 0.29) is 5.89 Å². The molecule has 0 bridgehead atoms. The van der Waals surface area contributed by atoms with Gasteiger partial charge in [-0.15, -0.1) is 20.4 Å². The molecule has 0 spiro atoms. The number of para-hydroxylation sites is 2. The molecule has 0 aliphatic heterocycles. The van der Waals surface area contributed by atoms with Gasteiger partial charge in [-0.3, -0.25) is 4.57 Å². The fourth-order valence-corrected chi connectivity index (χ4v) is 6.24. The summed E-state index contributed by atoms with van der Waals surface area (Å²) in [6.07, 6.45) is 4.94. The molecule has 0 atom stereocenters. The Balaban J connectivity index is 0.000000221. The standard InChI is InChI=1S/C24H15Cl3N6O2.C13H10Cl3N3/c1-34-22-12-14(10-11-28-22)24-32-30-21(35-24)9-8-20-29-31-23(16-7-6-15(25)13-18(16)27)33(20)19-5-3-2-4-17(19)26;14-8-5-6-9(11(16)7-8)13(19-17)18-12-4-2-1-3-10(12)15/h2-13H,1H3;1-7H,17H2,(H,18,19)/b9-8+;. The molecule has 0 aliphatic carbocycles. The number of benzene rings is 4. The van der Waals surface area contributed by atoms with Gasteiger partial charge in [0.25, 0.3) is 0 Å². The minimum absolute atomic E-state index is 0.274. The Bertz CT molecular complexity index is 2480. The van der Waals surface area contributed by atoms with Crippen LogP contribution in [0.3, 0.4) is 0 Å². The molecule has 0 radical (unpaired) electrons. The molecule has 3 aromatic heterocycles. The molecular formula is C37H25Cl6N9O2. The number of ether oxygens (including phenoxy) is 1. The highest BCUT2D eigenvalue weighted by Crippen LogP contribution is 2.34. The Morgan fingerprint density at radius 3 is 2.19 bits per heavy atom. The van der Waals surface area contributed by atoms with E-state index in [1.807, 2.05) is 30.3 Å². The number of nitrogens with one attached hydrogen (secondary N) is 1. The van der Waals surface area contributed by atoms with Gasteiger partial charge < -0.3 is 14.6 Å².